The largest absolute Gasteiger partial charge is 0.486 e. The van der Waals surface area contributed by atoms with Gasteiger partial charge in [0.15, 0.2) is 0 Å². The predicted octanol–water partition coefficient (Wildman–Crippen LogP) is 7.11. The third-order valence-electron chi connectivity index (χ3n) is 6.34. The van der Waals surface area contributed by atoms with Crippen LogP contribution in [0.5, 0.6) is 5.75 Å². The van der Waals surface area contributed by atoms with Crippen LogP contribution in [0.3, 0.4) is 0 Å². The third-order valence-corrected chi connectivity index (χ3v) is 8.41. The molecule has 0 unspecified atom stereocenters. The standard InChI is InChI=1S/C28H23ClF5NO5S/c1-16(27-22(29)4-3-5-23(27)31)10-17-6-8-25-24(11-17)35(15-20(40-25)7-9-26(36)39-2)41(37,38)21-13-18(28(32,33)34)12-19(30)14-21/h3-6,8,10-14,20H,7,9,15H2,1-2H3/b16-10+/t20-/m0/s1. The first-order valence-electron chi connectivity index (χ1n) is 12.1. The van der Waals surface area contributed by atoms with Crippen LogP contribution in [0.1, 0.15) is 36.5 Å². The van der Waals surface area contributed by atoms with E-state index in [1.165, 1.54) is 37.4 Å². The average molecular weight is 616 g/mol. The van der Waals surface area contributed by atoms with Crippen molar-refractivity contribution in [3.63, 3.8) is 0 Å². The van der Waals surface area contributed by atoms with Gasteiger partial charge in [0.1, 0.15) is 23.5 Å². The number of ether oxygens (including phenoxy) is 2. The molecule has 0 saturated carbocycles. The molecule has 13 heteroatoms. The maximum Gasteiger partial charge on any atom is 0.416 e. The first-order chi connectivity index (χ1) is 19.2. The average Bonchev–Trinajstić information content (AvgIpc) is 2.90. The van der Waals surface area contributed by atoms with Gasteiger partial charge in [-0.1, -0.05) is 29.8 Å². The van der Waals surface area contributed by atoms with Crippen LogP contribution in [0.15, 0.2) is 59.5 Å². The zero-order valence-corrected chi connectivity index (χ0v) is 23.2. The molecule has 0 radical (unpaired) electrons. The molecular formula is C28H23ClF5NO5S. The molecule has 4 rings (SSSR count). The number of nitrogens with zero attached hydrogens (tertiary/aromatic N) is 1. The number of hydrogen-bond donors (Lipinski definition) is 0. The summed E-state index contributed by atoms with van der Waals surface area (Å²) in [6.07, 6.45) is -4.43. The summed E-state index contributed by atoms with van der Waals surface area (Å²) in [6, 6.07) is 9.64. The van der Waals surface area contributed by atoms with Gasteiger partial charge >= 0.3 is 12.1 Å². The van der Waals surface area contributed by atoms with Gasteiger partial charge in [-0.15, -0.1) is 0 Å². The number of methoxy groups -OCH3 is 1. The molecule has 1 atom stereocenters. The Hall–Kier alpha value is -3.64. The number of benzene rings is 3. The van der Waals surface area contributed by atoms with Gasteiger partial charge in [-0.2, -0.15) is 13.2 Å². The molecule has 0 amide bonds. The van der Waals surface area contributed by atoms with E-state index in [2.05, 4.69) is 4.74 Å². The first-order valence-corrected chi connectivity index (χ1v) is 13.9. The van der Waals surface area contributed by atoms with E-state index in [4.69, 9.17) is 16.3 Å². The number of anilines is 1. The smallest absolute Gasteiger partial charge is 0.416 e. The number of hydrogen-bond acceptors (Lipinski definition) is 5. The second kappa shape index (κ2) is 11.7. The van der Waals surface area contributed by atoms with E-state index in [0.717, 1.165) is 4.31 Å². The summed E-state index contributed by atoms with van der Waals surface area (Å²) in [4.78, 5) is 10.8. The Labute approximate surface area is 238 Å². The van der Waals surface area contributed by atoms with Gasteiger partial charge in [-0.25, -0.2) is 17.2 Å². The van der Waals surface area contributed by atoms with E-state index >= 15 is 0 Å². The van der Waals surface area contributed by atoms with Crippen LogP contribution in [0.4, 0.5) is 27.6 Å². The summed E-state index contributed by atoms with van der Waals surface area (Å²) >= 11 is 6.16. The third kappa shape index (κ3) is 6.65. The van der Waals surface area contributed by atoms with E-state index in [0.29, 0.717) is 23.3 Å². The molecule has 1 heterocycles. The minimum atomic E-state index is -5.00. The van der Waals surface area contributed by atoms with E-state index in [1.807, 2.05) is 0 Å². The summed E-state index contributed by atoms with van der Waals surface area (Å²) in [7, 11) is -3.59. The van der Waals surface area contributed by atoms with Gasteiger partial charge in [-0.3, -0.25) is 9.10 Å². The SMILES string of the molecule is COC(=O)CC[C@H]1CN(S(=O)(=O)c2cc(F)cc(C(F)(F)F)c2)c2cc(/C=C(\C)c3c(F)cccc3Cl)ccc2O1. The Morgan fingerprint density at radius 1 is 1.15 bits per heavy atom. The van der Waals surface area contributed by atoms with Gasteiger partial charge in [0.05, 0.1) is 34.8 Å². The lowest BCUT2D eigenvalue weighted by Crippen LogP contribution is -2.43. The van der Waals surface area contributed by atoms with Crippen LogP contribution in [-0.2, 0) is 25.7 Å². The number of halogens is 6. The normalized spacial score (nSPS) is 15.8. The van der Waals surface area contributed by atoms with Crippen molar-refractivity contribution in [3.8, 4) is 5.75 Å². The Bertz CT molecular complexity index is 1600. The Morgan fingerprint density at radius 3 is 2.54 bits per heavy atom. The van der Waals surface area contributed by atoms with Gasteiger partial charge in [-0.05, 0) is 66.9 Å². The van der Waals surface area contributed by atoms with Crippen molar-refractivity contribution < 1.29 is 44.6 Å². The number of carbonyl (C=O) groups excluding carboxylic acids is 1. The monoisotopic (exact) mass is 615 g/mol. The van der Waals surface area contributed by atoms with Crippen molar-refractivity contribution in [1.29, 1.82) is 0 Å². The zero-order valence-electron chi connectivity index (χ0n) is 21.6. The van der Waals surface area contributed by atoms with Crippen LogP contribution in [0.25, 0.3) is 11.6 Å². The van der Waals surface area contributed by atoms with Crippen LogP contribution in [0, 0.1) is 11.6 Å². The predicted molar refractivity (Wildman–Crippen MR) is 143 cm³/mol. The summed E-state index contributed by atoms with van der Waals surface area (Å²) < 4.78 is 108. The lowest BCUT2D eigenvalue weighted by Gasteiger charge is -2.35. The number of carbonyl (C=O) groups is 1. The molecule has 0 spiro atoms. The maximum atomic E-state index is 14.5. The Morgan fingerprint density at radius 2 is 1.88 bits per heavy atom. The molecule has 218 valence electrons. The van der Waals surface area contributed by atoms with Crippen LogP contribution in [0.2, 0.25) is 5.02 Å². The maximum absolute atomic E-state index is 14.5. The second-order valence-corrected chi connectivity index (χ2v) is 11.5. The highest BCUT2D eigenvalue weighted by Gasteiger charge is 2.38. The fourth-order valence-corrected chi connectivity index (χ4v) is 6.24. The van der Waals surface area contributed by atoms with Gasteiger partial charge in [0.2, 0.25) is 0 Å². The molecule has 6 nitrogen and oxygen atoms in total. The minimum absolute atomic E-state index is 0.0294. The van der Waals surface area contributed by atoms with Gasteiger partial charge in [0.25, 0.3) is 10.0 Å². The molecule has 3 aromatic carbocycles. The fourth-order valence-electron chi connectivity index (χ4n) is 4.38. The molecule has 0 bridgehead atoms. The number of allylic oxidation sites excluding steroid dienone is 1. The van der Waals surface area contributed by atoms with Crippen LogP contribution >= 0.6 is 11.6 Å². The molecule has 3 aromatic rings. The second-order valence-electron chi connectivity index (χ2n) is 9.22. The number of esters is 1. The molecule has 0 saturated heterocycles. The summed E-state index contributed by atoms with van der Waals surface area (Å²) in [6.45, 7) is 1.21. The van der Waals surface area contributed by atoms with Crippen molar-refractivity contribution >= 4 is 44.9 Å². The van der Waals surface area contributed by atoms with E-state index < -0.39 is 56.9 Å². The first kappa shape index (κ1) is 30.3. The highest BCUT2D eigenvalue weighted by molar-refractivity contribution is 7.92. The van der Waals surface area contributed by atoms with E-state index in [-0.39, 0.29) is 40.9 Å². The fraction of sp³-hybridized carbons (Fsp3) is 0.250. The van der Waals surface area contributed by atoms with Crippen molar-refractivity contribution in [2.24, 2.45) is 0 Å². The van der Waals surface area contributed by atoms with Crippen LogP contribution in [-0.4, -0.2) is 34.1 Å². The molecule has 1 aliphatic rings. The number of fused-ring (bicyclic) bond motifs is 1. The van der Waals surface area contributed by atoms with E-state index in [1.54, 1.807) is 19.1 Å². The Kier molecular flexibility index (Phi) is 8.65. The van der Waals surface area contributed by atoms with Crippen molar-refractivity contribution in [2.75, 3.05) is 18.0 Å². The summed E-state index contributed by atoms with van der Waals surface area (Å²) in [5.41, 5.74) is -0.572. The van der Waals surface area contributed by atoms with Crippen LogP contribution < -0.4 is 9.04 Å². The molecular weight excluding hydrogens is 593 g/mol. The molecule has 41 heavy (non-hydrogen) atoms. The Balaban J connectivity index is 1.81. The highest BCUT2D eigenvalue weighted by Crippen LogP contribution is 2.40. The molecule has 0 N–H and O–H groups in total. The lowest BCUT2D eigenvalue weighted by atomic mass is 10.0. The molecule has 0 aliphatic carbocycles. The zero-order chi connectivity index (χ0) is 30.1. The van der Waals surface area contributed by atoms with Crippen molar-refractivity contribution in [2.45, 2.75) is 36.9 Å². The number of alkyl halides is 3. The van der Waals surface area contributed by atoms with E-state index in [9.17, 15) is 35.2 Å². The summed E-state index contributed by atoms with van der Waals surface area (Å²) in [5.74, 6) is -2.47. The molecule has 1 aliphatic heterocycles. The topological polar surface area (TPSA) is 72.9 Å². The summed E-state index contributed by atoms with van der Waals surface area (Å²) in [5, 5.41) is 0.157. The van der Waals surface area contributed by atoms with Crippen molar-refractivity contribution in [1.82, 2.24) is 0 Å². The quantitative estimate of drug-likeness (QED) is 0.161. The number of sulfonamides is 1. The number of rotatable bonds is 7. The van der Waals surface area contributed by atoms with Crippen molar-refractivity contribution in [3.05, 3.63) is 87.9 Å². The van der Waals surface area contributed by atoms with Gasteiger partial charge in [0, 0.05) is 12.0 Å². The minimum Gasteiger partial charge on any atom is -0.486 e. The lowest BCUT2D eigenvalue weighted by molar-refractivity contribution is -0.141. The molecule has 0 fully saturated rings. The highest BCUT2D eigenvalue weighted by atomic mass is 35.5. The molecule has 0 aromatic heterocycles. The van der Waals surface area contributed by atoms with Gasteiger partial charge < -0.3 is 9.47 Å².